The Morgan fingerprint density at radius 3 is 2.90 bits per heavy atom. The average Bonchev–Trinajstić information content (AvgIpc) is 2.90. The number of fused-ring (bicyclic) bond motifs is 1. The van der Waals surface area contributed by atoms with Crippen LogP contribution in [0, 0.1) is 18.3 Å². The maximum atomic E-state index is 8.92. The normalized spacial score (nSPS) is 10.5. The van der Waals surface area contributed by atoms with Crippen LogP contribution >= 0.6 is 11.3 Å². The summed E-state index contributed by atoms with van der Waals surface area (Å²) in [6, 6.07) is 8.10. The molecule has 2 heterocycles. The molecule has 0 saturated carbocycles. The Labute approximate surface area is 126 Å². The smallest absolute Gasteiger partial charge is 0.191 e. The van der Waals surface area contributed by atoms with Crippen molar-refractivity contribution < 1.29 is 0 Å². The molecule has 0 fully saturated rings. The van der Waals surface area contributed by atoms with E-state index in [-0.39, 0.29) is 0 Å². The summed E-state index contributed by atoms with van der Waals surface area (Å²) >= 11 is 1.50. The minimum Gasteiger partial charge on any atom is -0.361 e. The highest BCUT2D eigenvalue weighted by atomic mass is 32.1. The number of nitrogens with one attached hydrogen (secondary N) is 1. The van der Waals surface area contributed by atoms with Crippen molar-refractivity contribution >= 4 is 26.9 Å². The maximum Gasteiger partial charge on any atom is 0.191 e. The molecule has 0 aliphatic heterocycles. The Kier molecular flexibility index (Phi) is 3.75. The van der Waals surface area contributed by atoms with Crippen molar-refractivity contribution in [2.24, 2.45) is 0 Å². The highest BCUT2D eigenvalue weighted by Gasteiger charge is 2.05. The molecule has 1 N–H and O–H groups in total. The van der Waals surface area contributed by atoms with Gasteiger partial charge in [-0.05, 0) is 30.5 Å². The van der Waals surface area contributed by atoms with Gasteiger partial charge in [0.25, 0.3) is 0 Å². The molecule has 2 aromatic heterocycles. The molecule has 1 aromatic carbocycles. The SMILES string of the molecule is Cc1cc(CCNc2nc3nccnc3s2)ccc1C#N. The second kappa shape index (κ2) is 5.85. The van der Waals surface area contributed by atoms with Crippen molar-refractivity contribution in [3.63, 3.8) is 0 Å². The first-order valence-electron chi connectivity index (χ1n) is 6.57. The van der Waals surface area contributed by atoms with E-state index in [2.05, 4.69) is 32.4 Å². The number of hydrogen-bond acceptors (Lipinski definition) is 6. The number of anilines is 1. The summed E-state index contributed by atoms with van der Waals surface area (Å²) in [5, 5.41) is 13.0. The topological polar surface area (TPSA) is 74.5 Å². The molecule has 0 atom stereocenters. The summed E-state index contributed by atoms with van der Waals surface area (Å²) in [5.41, 5.74) is 3.63. The minimum absolute atomic E-state index is 0.680. The fourth-order valence-electron chi connectivity index (χ4n) is 2.07. The fraction of sp³-hybridized carbons (Fsp3) is 0.200. The first kappa shape index (κ1) is 13.5. The van der Waals surface area contributed by atoms with Crippen molar-refractivity contribution in [2.45, 2.75) is 13.3 Å². The van der Waals surface area contributed by atoms with Gasteiger partial charge in [-0.15, -0.1) is 0 Å². The molecule has 0 bridgehead atoms. The molecule has 6 heteroatoms. The van der Waals surface area contributed by atoms with Crippen LogP contribution in [0.25, 0.3) is 10.5 Å². The van der Waals surface area contributed by atoms with Crippen LogP contribution in [-0.4, -0.2) is 21.5 Å². The molecular formula is C15H13N5S. The Balaban J connectivity index is 1.63. The van der Waals surface area contributed by atoms with E-state index in [9.17, 15) is 0 Å². The van der Waals surface area contributed by atoms with Crippen molar-refractivity contribution in [2.75, 3.05) is 11.9 Å². The van der Waals surface area contributed by atoms with E-state index in [1.165, 1.54) is 16.9 Å². The lowest BCUT2D eigenvalue weighted by molar-refractivity contribution is 1.01. The molecule has 104 valence electrons. The van der Waals surface area contributed by atoms with Crippen LogP contribution in [0.2, 0.25) is 0 Å². The Bertz CT molecular complexity index is 785. The summed E-state index contributed by atoms with van der Waals surface area (Å²) < 4.78 is 0. The van der Waals surface area contributed by atoms with Gasteiger partial charge in [-0.1, -0.05) is 23.5 Å². The van der Waals surface area contributed by atoms with Gasteiger partial charge >= 0.3 is 0 Å². The van der Waals surface area contributed by atoms with E-state index in [1.807, 2.05) is 19.1 Å². The van der Waals surface area contributed by atoms with Gasteiger partial charge in [0.05, 0.1) is 11.6 Å². The summed E-state index contributed by atoms with van der Waals surface area (Å²) in [7, 11) is 0. The van der Waals surface area contributed by atoms with Crippen molar-refractivity contribution in [3.05, 3.63) is 47.3 Å². The van der Waals surface area contributed by atoms with Gasteiger partial charge in [0.15, 0.2) is 15.6 Å². The van der Waals surface area contributed by atoms with Gasteiger partial charge in [-0.3, -0.25) is 0 Å². The summed E-state index contributed by atoms with van der Waals surface area (Å²) in [6.07, 6.45) is 4.19. The van der Waals surface area contributed by atoms with Crippen LogP contribution in [0.5, 0.6) is 0 Å². The predicted molar refractivity (Wildman–Crippen MR) is 83.3 cm³/mol. The molecule has 0 spiro atoms. The molecular weight excluding hydrogens is 282 g/mol. The highest BCUT2D eigenvalue weighted by molar-refractivity contribution is 7.21. The molecule has 0 radical (unpaired) electrons. The summed E-state index contributed by atoms with van der Waals surface area (Å²) in [6.45, 7) is 2.74. The Morgan fingerprint density at radius 1 is 1.29 bits per heavy atom. The lowest BCUT2D eigenvalue weighted by atomic mass is 10.0. The third-order valence-electron chi connectivity index (χ3n) is 3.15. The first-order valence-corrected chi connectivity index (χ1v) is 7.39. The fourth-order valence-corrected chi connectivity index (χ4v) is 2.87. The number of aromatic nitrogens is 3. The van der Waals surface area contributed by atoms with E-state index in [0.717, 1.165) is 34.1 Å². The first-order chi connectivity index (χ1) is 10.3. The standard InChI is InChI=1S/C15H13N5S/c1-10-8-11(2-3-12(10)9-16)4-5-19-15-20-13-14(21-15)18-7-6-17-13/h2-3,6-8H,4-5H2,1H3,(H,17,19,20). The number of thiazole rings is 1. The van der Waals surface area contributed by atoms with Crippen LogP contribution in [0.1, 0.15) is 16.7 Å². The van der Waals surface area contributed by atoms with Crippen molar-refractivity contribution in [1.82, 2.24) is 15.0 Å². The molecule has 0 unspecified atom stereocenters. The van der Waals surface area contributed by atoms with E-state index in [4.69, 9.17) is 5.26 Å². The molecule has 0 saturated heterocycles. The molecule has 0 amide bonds. The zero-order valence-corrected chi connectivity index (χ0v) is 12.3. The molecule has 3 aromatic rings. The molecule has 0 aliphatic rings. The second-order valence-electron chi connectivity index (χ2n) is 4.64. The van der Waals surface area contributed by atoms with Crippen molar-refractivity contribution in [1.29, 1.82) is 5.26 Å². The van der Waals surface area contributed by atoms with Crippen LogP contribution < -0.4 is 5.32 Å². The van der Waals surface area contributed by atoms with Crippen LogP contribution in [0.15, 0.2) is 30.6 Å². The number of benzene rings is 1. The third-order valence-corrected chi connectivity index (χ3v) is 4.06. The Hall–Kier alpha value is -2.52. The van der Waals surface area contributed by atoms with Crippen molar-refractivity contribution in [3.8, 4) is 6.07 Å². The number of aryl methyl sites for hydroxylation is 1. The van der Waals surface area contributed by atoms with Gasteiger partial charge in [-0.2, -0.15) is 10.2 Å². The van der Waals surface area contributed by atoms with E-state index >= 15 is 0 Å². The average molecular weight is 295 g/mol. The quantitative estimate of drug-likeness (QED) is 0.801. The van der Waals surface area contributed by atoms with Crippen LogP contribution in [0.3, 0.4) is 0 Å². The molecule has 5 nitrogen and oxygen atoms in total. The third kappa shape index (κ3) is 2.98. The van der Waals surface area contributed by atoms with Gasteiger partial charge in [-0.25, -0.2) is 9.97 Å². The lowest BCUT2D eigenvalue weighted by Gasteiger charge is -2.05. The summed E-state index contributed by atoms with van der Waals surface area (Å²) in [5.74, 6) is 0. The number of nitrogens with zero attached hydrogens (tertiary/aromatic N) is 4. The van der Waals surface area contributed by atoms with Gasteiger partial charge < -0.3 is 5.32 Å². The predicted octanol–water partition coefficient (Wildman–Crippen LogP) is 2.92. The zero-order chi connectivity index (χ0) is 14.7. The number of rotatable bonds is 4. The van der Waals surface area contributed by atoms with E-state index in [1.54, 1.807) is 12.4 Å². The number of nitriles is 1. The van der Waals surface area contributed by atoms with E-state index < -0.39 is 0 Å². The number of hydrogen-bond donors (Lipinski definition) is 1. The van der Waals surface area contributed by atoms with Gasteiger partial charge in [0.2, 0.25) is 0 Å². The second-order valence-corrected chi connectivity index (χ2v) is 5.62. The van der Waals surface area contributed by atoms with Gasteiger partial charge in [0, 0.05) is 18.9 Å². The molecule has 21 heavy (non-hydrogen) atoms. The monoisotopic (exact) mass is 295 g/mol. The van der Waals surface area contributed by atoms with Crippen LogP contribution in [-0.2, 0) is 6.42 Å². The summed E-state index contributed by atoms with van der Waals surface area (Å²) in [4.78, 5) is 13.6. The minimum atomic E-state index is 0.680. The van der Waals surface area contributed by atoms with Gasteiger partial charge in [0.1, 0.15) is 0 Å². The molecule has 3 rings (SSSR count). The van der Waals surface area contributed by atoms with E-state index in [0.29, 0.717) is 5.65 Å². The molecule has 0 aliphatic carbocycles. The highest BCUT2D eigenvalue weighted by Crippen LogP contribution is 2.21. The maximum absolute atomic E-state index is 8.92. The van der Waals surface area contributed by atoms with Crippen LogP contribution in [0.4, 0.5) is 5.13 Å². The largest absolute Gasteiger partial charge is 0.361 e. The lowest BCUT2D eigenvalue weighted by Crippen LogP contribution is -2.04. The zero-order valence-electron chi connectivity index (χ0n) is 11.5. The Morgan fingerprint density at radius 2 is 2.14 bits per heavy atom.